The lowest BCUT2D eigenvalue weighted by Gasteiger charge is -2.14. The Kier molecular flexibility index (Phi) is 7.53. The lowest BCUT2D eigenvalue weighted by molar-refractivity contribution is 1.15. The van der Waals surface area contributed by atoms with Crippen molar-refractivity contribution in [1.29, 1.82) is 0 Å². The van der Waals surface area contributed by atoms with Gasteiger partial charge in [-0.1, -0.05) is 182 Å². The second kappa shape index (κ2) is 13.2. The maximum absolute atomic E-state index is 2.47. The highest BCUT2D eigenvalue weighted by Gasteiger charge is 2.21. The molecule has 0 fully saturated rings. The number of aromatic nitrogens is 2. The van der Waals surface area contributed by atoms with Crippen LogP contribution in [0.25, 0.3) is 99.5 Å². The Labute approximate surface area is 325 Å². The summed E-state index contributed by atoms with van der Waals surface area (Å²) in [4.78, 5) is 0. The molecule has 0 spiro atoms. The van der Waals surface area contributed by atoms with Crippen LogP contribution in [0.1, 0.15) is 0 Å². The molecule has 56 heavy (non-hydrogen) atoms. The highest BCUT2D eigenvalue weighted by atomic mass is 15.0. The lowest BCUT2D eigenvalue weighted by atomic mass is 10.0. The molecule has 9 aromatic carbocycles. The number of rotatable bonds is 6. The van der Waals surface area contributed by atoms with Crippen LogP contribution in [0.5, 0.6) is 0 Å². The predicted molar refractivity (Wildman–Crippen MR) is 237 cm³/mol. The highest BCUT2D eigenvalue weighted by Crippen LogP contribution is 2.42. The van der Waals surface area contributed by atoms with Crippen molar-refractivity contribution in [2.45, 2.75) is 0 Å². The number of hydrogen-bond donors (Lipinski definition) is 0. The van der Waals surface area contributed by atoms with Crippen LogP contribution < -0.4 is 0 Å². The topological polar surface area (TPSA) is 9.86 Å². The van der Waals surface area contributed by atoms with E-state index in [1.54, 1.807) is 0 Å². The minimum Gasteiger partial charge on any atom is -0.307 e. The van der Waals surface area contributed by atoms with Crippen LogP contribution in [0.4, 0.5) is 0 Å². The van der Waals surface area contributed by atoms with E-state index in [1.807, 2.05) is 0 Å². The number of benzene rings is 9. The molecule has 0 atom stereocenters. The Morgan fingerprint density at radius 1 is 0.196 bits per heavy atom. The third kappa shape index (κ3) is 5.26. The fourth-order valence-electron chi connectivity index (χ4n) is 8.61. The molecule has 0 saturated heterocycles. The van der Waals surface area contributed by atoms with Gasteiger partial charge < -0.3 is 9.13 Å². The molecule has 0 aliphatic rings. The van der Waals surface area contributed by atoms with Gasteiger partial charge in [0, 0.05) is 32.9 Å². The van der Waals surface area contributed by atoms with E-state index in [2.05, 4.69) is 228 Å². The van der Waals surface area contributed by atoms with Gasteiger partial charge >= 0.3 is 0 Å². The Bertz CT molecular complexity index is 2950. The molecule has 2 nitrogen and oxygen atoms in total. The summed E-state index contributed by atoms with van der Waals surface area (Å²) < 4.78 is 4.93. The molecule has 0 bridgehead atoms. The molecule has 0 unspecified atom stereocenters. The fourth-order valence-corrected chi connectivity index (χ4v) is 8.61. The van der Waals surface area contributed by atoms with Crippen molar-refractivity contribution in [3.63, 3.8) is 0 Å². The molecule has 0 aliphatic heterocycles. The zero-order valence-corrected chi connectivity index (χ0v) is 30.7. The SMILES string of the molecule is c1ccc(-c2ccc(-c3ccc(-n4c5ccccc5c5ccc6c7ccccc7n(-c7ccc(-c8ccc(-c9ccccc9)cc8)cc7)c6c54)cc3)cc2)cc1. The first-order valence-corrected chi connectivity index (χ1v) is 19.3. The molecule has 0 aliphatic carbocycles. The summed E-state index contributed by atoms with van der Waals surface area (Å²) in [6, 6.07) is 79.3. The normalized spacial score (nSPS) is 11.6. The largest absolute Gasteiger partial charge is 0.307 e. The maximum atomic E-state index is 2.47. The molecule has 11 aromatic rings. The van der Waals surface area contributed by atoms with Gasteiger partial charge in [-0.3, -0.25) is 0 Å². The van der Waals surface area contributed by atoms with Crippen LogP contribution >= 0.6 is 0 Å². The molecule has 0 N–H and O–H groups in total. The Morgan fingerprint density at radius 3 is 0.804 bits per heavy atom. The third-order valence-corrected chi connectivity index (χ3v) is 11.4. The number of para-hydroxylation sites is 2. The first kappa shape index (κ1) is 32.0. The van der Waals surface area contributed by atoms with Crippen LogP contribution in [0.2, 0.25) is 0 Å². The van der Waals surface area contributed by atoms with Gasteiger partial charge in [0.2, 0.25) is 0 Å². The van der Waals surface area contributed by atoms with Gasteiger partial charge in [0.05, 0.1) is 22.1 Å². The maximum Gasteiger partial charge on any atom is 0.0788 e. The second-order valence-corrected chi connectivity index (χ2v) is 14.5. The van der Waals surface area contributed by atoms with Crippen molar-refractivity contribution in [3.8, 4) is 55.9 Å². The second-order valence-electron chi connectivity index (χ2n) is 14.5. The van der Waals surface area contributed by atoms with Crippen LogP contribution in [0, 0.1) is 0 Å². The van der Waals surface area contributed by atoms with Crippen LogP contribution in [-0.2, 0) is 0 Å². The molecule has 2 aromatic heterocycles. The van der Waals surface area contributed by atoms with Gasteiger partial charge in [0.1, 0.15) is 0 Å². The molecule has 0 amide bonds. The van der Waals surface area contributed by atoms with E-state index in [0.717, 1.165) is 11.4 Å². The summed E-state index contributed by atoms with van der Waals surface area (Å²) in [5, 5.41) is 4.98. The zero-order chi connectivity index (χ0) is 37.0. The first-order chi connectivity index (χ1) is 27.8. The summed E-state index contributed by atoms with van der Waals surface area (Å²) in [6.07, 6.45) is 0. The highest BCUT2D eigenvalue weighted by molar-refractivity contribution is 6.23. The van der Waals surface area contributed by atoms with Crippen LogP contribution in [0.15, 0.2) is 218 Å². The van der Waals surface area contributed by atoms with Crippen molar-refractivity contribution < 1.29 is 0 Å². The number of nitrogens with zero attached hydrogens (tertiary/aromatic N) is 2. The van der Waals surface area contributed by atoms with E-state index in [-0.39, 0.29) is 0 Å². The average molecular weight is 713 g/mol. The number of hydrogen-bond acceptors (Lipinski definition) is 0. The molecule has 0 radical (unpaired) electrons. The lowest BCUT2D eigenvalue weighted by Crippen LogP contribution is -1.99. The van der Waals surface area contributed by atoms with Crippen LogP contribution in [0.3, 0.4) is 0 Å². The van der Waals surface area contributed by atoms with Crippen molar-refractivity contribution in [2.24, 2.45) is 0 Å². The first-order valence-electron chi connectivity index (χ1n) is 19.3. The minimum absolute atomic E-state index is 1.14. The molecule has 11 rings (SSSR count). The minimum atomic E-state index is 1.14. The van der Waals surface area contributed by atoms with E-state index >= 15 is 0 Å². The monoisotopic (exact) mass is 712 g/mol. The van der Waals surface area contributed by atoms with Gasteiger partial charge in [0.25, 0.3) is 0 Å². The molecule has 262 valence electrons. The van der Waals surface area contributed by atoms with Crippen molar-refractivity contribution >= 4 is 43.6 Å². The van der Waals surface area contributed by atoms with Crippen molar-refractivity contribution in [3.05, 3.63) is 218 Å². The zero-order valence-electron chi connectivity index (χ0n) is 30.7. The van der Waals surface area contributed by atoms with Crippen molar-refractivity contribution in [1.82, 2.24) is 9.13 Å². The molecule has 0 saturated carbocycles. The third-order valence-electron chi connectivity index (χ3n) is 11.4. The average Bonchev–Trinajstić information content (AvgIpc) is 3.80. The summed E-state index contributed by atoms with van der Waals surface area (Å²) in [7, 11) is 0. The summed E-state index contributed by atoms with van der Waals surface area (Å²) in [5.74, 6) is 0. The quantitative estimate of drug-likeness (QED) is 0.162. The molecule has 2 heterocycles. The van der Waals surface area contributed by atoms with Gasteiger partial charge in [-0.05, 0) is 80.9 Å². The fraction of sp³-hybridized carbons (Fsp3) is 0. The van der Waals surface area contributed by atoms with E-state index in [1.165, 1.54) is 88.1 Å². The van der Waals surface area contributed by atoms with E-state index in [9.17, 15) is 0 Å². The molecule has 2 heteroatoms. The summed E-state index contributed by atoms with van der Waals surface area (Å²) in [6.45, 7) is 0. The number of fused-ring (bicyclic) bond motifs is 7. The van der Waals surface area contributed by atoms with E-state index in [4.69, 9.17) is 0 Å². The smallest absolute Gasteiger partial charge is 0.0788 e. The summed E-state index contributed by atoms with van der Waals surface area (Å²) in [5.41, 5.74) is 16.8. The van der Waals surface area contributed by atoms with E-state index in [0.29, 0.717) is 0 Å². The van der Waals surface area contributed by atoms with E-state index < -0.39 is 0 Å². The Hall–Kier alpha value is -7.42. The van der Waals surface area contributed by atoms with Gasteiger partial charge in [-0.2, -0.15) is 0 Å². The summed E-state index contributed by atoms with van der Waals surface area (Å²) >= 11 is 0. The van der Waals surface area contributed by atoms with Crippen molar-refractivity contribution in [2.75, 3.05) is 0 Å². The molecular formula is C54H36N2. The van der Waals surface area contributed by atoms with Gasteiger partial charge in [-0.25, -0.2) is 0 Å². The van der Waals surface area contributed by atoms with Gasteiger partial charge in [0.15, 0.2) is 0 Å². The predicted octanol–water partition coefficient (Wildman–Crippen LogP) is 14.5. The van der Waals surface area contributed by atoms with Gasteiger partial charge in [-0.15, -0.1) is 0 Å². The standard InChI is InChI=1S/C54H36N2/c1-3-11-37(12-4-1)39-19-23-41(24-20-39)43-27-31-45(32-28-43)55-51-17-9-7-15-47(51)49-35-36-50-48-16-8-10-18-52(48)56(54(50)53(49)55)46-33-29-44(30-34-46)42-25-21-40(22-26-42)38-13-5-2-6-14-38/h1-36H. The molecular weight excluding hydrogens is 677 g/mol. The van der Waals surface area contributed by atoms with Crippen LogP contribution in [-0.4, -0.2) is 9.13 Å². The Morgan fingerprint density at radius 2 is 0.464 bits per heavy atom. The Balaban J connectivity index is 1.05.